The molecule has 0 saturated carbocycles. The number of nitrogens with two attached hydrogens (primary N) is 1. The van der Waals surface area contributed by atoms with Crippen molar-refractivity contribution in [1.29, 1.82) is 0 Å². The van der Waals surface area contributed by atoms with Crippen LogP contribution in [0.3, 0.4) is 0 Å². The van der Waals surface area contributed by atoms with Crippen LogP contribution in [0.1, 0.15) is 10.6 Å². The van der Waals surface area contributed by atoms with Crippen molar-refractivity contribution in [1.82, 2.24) is 9.97 Å². The van der Waals surface area contributed by atoms with Gasteiger partial charge in [0, 0.05) is 17.1 Å². The lowest BCUT2D eigenvalue weighted by Crippen LogP contribution is -2.16. The molecule has 0 radical (unpaired) electrons. The average Bonchev–Trinajstić information content (AvgIpc) is 2.62. The van der Waals surface area contributed by atoms with Crippen molar-refractivity contribution >= 4 is 39.9 Å². The normalized spacial score (nSPS) is 11.0. The summed E-state index contributed by atoms with van der Waals surface area (Å²) < 4.78 is 42.9. The highest BCUT2D eigenvalue weighted by molar-refractivity contribution is 6.31. The molecule has 140 valence electrons. The second kappa shape index (κ2) is 7.67. The highest BCUT2D eigenvalue weighted by atomic mass is 35.5. The Morgan fingerprint density at radius 1 is 1.22 bits per heavy atom. The molecule has 3 aromatic rings. The topological polar surface area (TPSA) is 90.1 Å². The van der Waals surface area contributed by atoms with Crippen LogP contribution in [0.15, 0.2) is 36.4 Å². The van der Waals surface area contributed by atoms with E-state index in [0.29, 0.717) is 11.1 Å². The number of nitrogens with zero attached hydrogens (tertiary/aromatic N) is 2. The average molecular weight is 397 g/mol. The number of hydrogen-bond donors (Lipinski definition) is 2. The molecule has 3 rings (SSSR count). The first kappa shape index (κ1) is 18.7. The van der Waals surface area contributed by atoms with E-state index < -0.39 is 24.8 Å². The number of primary amides is 1. The summed E-state index contributed by atoms with van der Waals surface area (Å²) in [5.41, 5.74) is 5.92. The molecular formula is C17H12ClF3N4O2. The van der Waals surface area contributed by atoms with Gasteiger partial charge in [0.05, 0.1) is 10.5 Å². The van der Waals surface area contributed by atoms with Gasteiger partial charge in [-0.2, -0.15) is 0 Å². The first-order valence-electron chi connectivity index (χ1n) is 7.58. The van der Waals surface area contributed by atoms with Crippen molar-refractivity contribution in [3.63, 3.8) is 0 Å². The third-order valence-electron chi connectivity index (χ3n) is 3.45. The minimum atomic E-state index is -2.63. The number of hydrogen-bond acceptors (Lipinski definition) is 5. The SMILES string of the molecule is NC(=O)c1nc(Nc2ccc(F)c(Cl)c2)c2ccc(OCC(F)F)cc2n1. The highest BCUT2D eigenvalue weighted by Crippen LogP contribution is 2.28. The summed E-state index contributed by atoms with van der Waals surface area (Å²) in [6.45, 7) is -0.779. The van der Waals surface area contributed by atoms with Crippen LogP contribution >= 0.6 is 11.6 Å². The number of rotatable bonds is 6. The van der Waals surface area contributed by atoms with Gasteiger partial charge in [0.1, 0.15) is 24.0 Å². The lowest BCUT2D eigenvalue weighted by molar-refractivity contribution is 0.0819. The fraction of sp³-hybridized carbons (Fsp3) is 0.118. The van der Waals surface area contributed by atoms with Gasteiger partial charge in [-0.25, -0.2) is 23.1 Å². The van der Waals surface area contributed by atoms with E-state index in [1.54, 1.807) is 0 Å². The Morgan fingerprint density at radius 3 is 2.67 bits per heavy atom. The molecule has 27 heavy (non-hydrogen) atoms. The van der Waals surface area contributed by atoms with Crippen molar-refractivity contribution < 1.29 is 22.7 Å². The van der Waals surface area contributed by atoms with Gasteiger partial charge < -0.3 is 15.8 Å². The second-order valence-corrected chi connectivity index (χ2v) is 5.80. The van der Waals surface area contributed by atoms with E-state index in [2.05, 4.69) is 15.3 Å². The van der Waals surface area contributed by atoms with Crippen LogP contribution in [0, 0.1) is 5.82 Å². The first-order chi connectivity index (χ1) is 12.8. The number of anilines is 2. The van der Waals surface area contributed by atoms with Gasteiger partial charge in [0.25, 0.3) is 12.3 Å². The van der Waals surface area contributed by atoms with Crippen molar-refractivity contribution in [2.45, 2.75) is 6.43 Å². The molecule has 10 heteroatoms. The summed E-state index contributed by atoms with van der Waals surface area (Å²) in [6.07, 6.45) is -2.63. The first-order valence-corrected chi connectivity index (χ1v) is 7.96. The standard InChI is InChI=1S/C17H12ClF3N4O2/c18-11-5-8(1-4-12(11)19)23-16-10-3-2-9(27-7-14(20)21)6-13(10)24-17(25-16)15(22)26/h1-6,14H,7H2,(H2,22,26)(H,23,24,25). The zero-order valence-corrected chi connectivity index (χ0v) is 14.3. The Bertz CT molecular complexity index is 1020. The number of nitrogens with one attached hydrogen (secondary N) is 1. The van der Waals surface area contributed by atoms with Crippen LogP contribution < -0.4 is 15.8 Å². The van der Waals surface area contributed by atoms with Crippen LogP contribution in [0.25, 0.3) is 10.9 Å². The molecule has 2 aromatic carbocycles. The number of ether oxygens (including phenoxy) is 1. The van der Waals surface area contributed by atoms with Crippen LogP contribution in [0.5, 0.6) is 5.75 Å². The van der Waals surface area contributed by atoms with E-state index >= 15 is 0 Å². The zero-order valence-electron chi connectivity index (χ0n) is 13.5. The number of alkyl halides is 2. The van der Waals surface area contributed by atoms with Crippen molar-refractivity contribution in [2.24, 2.45) is 5.73 Å². The van der Waals surface area contributed by atoms with Gasteiger partial charge in [-0.15, -0.1) is 0 Å². The van der Waals surface area contributed by atoms with Gasteiger partial charge in [0.15, 0.2) is 0 Å². The lowest BCUT2D eigenvalue weighted by atomic mass is 10.2. The highest BCUT2D eigenvalue weighted by Gasteiger charge is 2.14. The molecule has 6 nitrogen and oxygen atoms in total. The Hall–Kier alpha value is -3.07. The molecule has 0 fully saturated rings. The Labute approximate surface area is 156 Å². The summed E-state index contributed by atoms with van der Waals surface area (Å²) >= 11 is 5.76. The van der Waals surface area contributed by atoms with Gasteiger partial charge in [0.2, 0.25) is 5.82 Å². The molecule has 3 N–H and O–H groups in total. The molecule has 0 bridgehead atoms. The fourth-order valence-electron chi connectivity index (χ4n) is 2.27. The number of benzene rings is 2. The predicted octanol–water partition coefficient (Wildman–Crippen LogP) is 3.91. The molecule has 0 atom stereocenters. The molecule has 1 amide bonds. The summed E-state index contributed by atoms with van der Waals surface area (Å²) in [6, 6.07) is 8.32. The maximum absolute atomic E-state index is 13.3. The number of amides is 1. The van der Waals surface area contributed by atoms with Crippen LogP contribution in [0.2, 0.25) is 5.02 Å². The van der Waals surface area contributed by atoms with Gasteiger partial charge in [-0.3, -0.25) is 4.79 Å². The van der Waals surface area contributed by atoms with E-state index in [1.807, 2.05) is 0 Å². The van der Waals surface area contributed by atoms with Gasteiger partial charge >= 0.3 is 0 Å². The molecule has 0 spiro atoms. The minimum absolute atomic E-state index is 0.101. The van der Waals surface area contributed by atoms with Crippen LogP contribution in [-0.4, -0.2) is 28.9 Å². The molecule has 1 heterocycles. The lowest BCUT2D eigenvalue weighted by Gasteiger charge is -2.12. The molecule has 0 aliphatic rings. The Morgan fingerprint density at radius 2 is 2.00 bits per heavy atom. The summed E-state index contributed by atoms with van der Waals surface area (Å²) in [7, 11) is 0. The third-order valence-corrected chi connectivity index (χ3v) is 3.74. The van der Waals surface area contributed by atoms with E-state index in [-0.39, 0.29) is 27.9 Å². The molecular weight excluding hydrogens is 385 g/mol. The van der Waals surface area contributed by atoms with E-state index in [4.69, 9.17) is 22.1 Å². The number of aromatic nitrogens is 2. The predicted molar refractivity (Wildman–Crippen MR) is 94.2 cm³/mol. The van der Waals surface area contributed by atoms with Crippen molar-refractivity contribution in [2.75, 3.05) is 11.9 Å². The smallest absolute Gasteiger partial charge is 0.286 e. The number of carbonyl (C=O) groups is 1. The number of fused-ring (bicyclic) bond motifs is 1. The number of halogens is 4. The maximum atomic E-state index is 13.3. The second-order valence-electron chi connectivity index (χ2n) is 5.40. The van der Waals surface area contributed by atoms with Gasteiger partial charge in [-0.1, -0.05) is 11.6 Å². The Balaban J connectivity index is 2.04. The van der Waals surface area contributed by atoms with Crippen molar-refractivity contribution in [3.8, 4) is 5.75 Å². The molecule has 1 aromatic heterocycles. The Kier molecular flexibility index (Phi) is 5.31. The largest absolute Gasteiger partial charge is 0.488 e. The fourth-order valence-corrected chi connectivity index (χ4v) is 2.46. The monoisotopic (exact) mass is 396 g/mol. The molecule has 0 aliphatic carbocycles. The van der Waals surface area contributed by atoms with E-state index in [9.17, 15) is 18.0 Å². The van der Waals surface area contributed by atoms with E-state index in [0.717, 1.165) is 0 Å². The van der Waals surface area contributed by atoms with Crippen molar-refractivity contribution in [3.05, 3.63) is 53.1 Å². The quantitative estimate of drug-likeness (QED) is 0.659. The van der Waals surface area contributed by atoms with Crippen LogP contribution in [-0.2, 0) is 0 Å². The van der Waals surface area contributed by atoms with Gasteiger partial charge in [-0.05, 0) is 30.3 Å². The summed E-state index contributed by atoms with van der Waals surface area (Å²) in [5, 5.41) is 3.27. The molecule has 0 saturated heterocycles. The number of carbonyl (C=O) groups excluding carboxylic acids is 1. The van der Waals surface area contributed by atoms with Crippen LogP contribution in [0.4, 0.5) is 24.7 Å². The zero-order chi connectivity index (χ0) is 19.6. The molecule has 0 aliphatic heterocycles. The minimum Gasteiger partial charge on any atom is -0.488 e. The summed E-state index contributed by atoms with van der Waals surface area (Å²) in [5.74, 6) is -1.40. The summed E-state index contributed by atoms with van der Waals surface area (Å²) in [4.78, 5) is 19.6. The molecule has 0 unspecified atom stereocenters. The maximum Gasteiger partial charge on any atom is 0.286 e. The van der Waals surface area contributed by atoms with E-state index in [1.165, 1.54) is 36.4 Å². The third kappa shape index (κ3) is 4.37.